The van der Waals surface area contributed by atoms with Gasteiger partial charge in [0.15, 0.2) is 5.69 Å². The fraction of sp³-hybridized carbons (Fsp3) is 0.621. The molecule has 2 aromatic rings. The standard InChI is InChI=1S/C29H38F3N5O3/c30-29(31,32)24-11-4-3-10-23(24)26-19-25(35-37(26)22-8-1-2-9-22)28(39)34-21(12-13-36-14-16-40-17-15-36)18-27(38)33-20-6-5-7-20/h3-4,10-11,19-22H,1-2,5-9,12-18H2,(H,33,38)(H,34,39)/t21-/m0/s1. The Morgan fingerprint density at radius 3 is 2.45 bits per heavy atom. The first-order valence-corrected chi connectivity index (χ1v) is 14.4. The number of carbonyl (C=O) groups excluding carboxylic acids is 2. The van der Waals surface area contributed by atoms with Crippen molar-refractivity contribution in [3.8, 4) is 11.3 Å². The van der Waals surface area contributed by atoms with E-state index in [1.807, 2.05) is 0 Å². The zero-order valence-corrected chi connectivity index (χ0v) is 22.7. The summed E-state index contributed by atoms with van der Waals surface area (Å²) in [6.45, 7) is 3.59. The van der Waals surface area contributed by atoms with E-state index in [1.54, 1.807) is 10.7 Å². The lowest BCUT2D eigenvalue weighted by Gasteiger charge is -2.29. The van der Waals surface area contributed by atoms with Gasteiger partial charge in [0.2, 0.25) is 5.91 Å². The quantitative estimate of drug-likeness (QED) is 0.444. The summed E-state index contributed by atoms with van der Waals surface area (Å²) in [6, 6.07) is 6.59. The van der Waals surface area contributed by atoms with Gasteiger partial charge in [-0.2, -0.15) is 18.3 Å². The topological polar surface area (TPSA) is 88.5 Å². The van der Waals surface area contributed by atoms with Gasteiger partial charge in [0.25, 0.3) is 5.91 Å². The number of morpholine rings is 1. The molecule has 2 saturated carbocycles. The minimum Gasteiger partial charge on any atom is -0.379 e. The summed E-state index contributed by atoms with van der Waals surface area (Å²) in [5.41, 5.74) is -0.387. The third-order valence-corrected chi connectivity index (χ3v) is 8.28. The second kappa shape index (κ2) is 12.7. The van der Waals surface area contributed by atoms with Crippen molar-refractivity contribution < 1.29 is 27.5 Å². The lowest BCUT2D eigenvalue weighted by Crippen LogP contribution is -2.46. The Hall–Kier alpha value is -2.92. The largest absolute Gasteiger partial charge is 0.417 e. The van der Waals surface area contributed by atoms with Crippen LogP contribution in [0.3, 0.4) is 0 Å². The number of hydrogen-bond acceptors (Lipinski definition) is 5. The number of rotatable bonds is 10. The van der Waals surface area contributed by atoms with Crippen LogP contribution in [0, 0.1) is 0 Å². The molecule has 1 atom stereocenters. The van der Waals surface area contributed by atoms with Crippen molar-refractivity contribution >= 4 is 11.8 Å². The van der Waals surface area contributed by atoms with E-state index in [0.717, 1.165) is 64.1 Å². The van der Waals surface area contributed by atoms with Crippen LogP contribution in [-0.2, 0) is 15.7 Å². The zero-order chi connectivity index (χ0) is 28.1. The second-order valence-electron chi connectivity index (χ2n) is 11.2. The molecule has 3 fully saturated rings. The van der Waals surface area contributed by atoms with Crippen LogP contribution in [0.1, 0.15) is 79.9 Å². The van der Waals surface area contributed by atoms with E-state index in [2.05, 4.69) is 20.6 Å². The summed E-state index contributed by atoms with van der Waals surface area (Å²) in [4.78, 5) is 28.5. The highest BCUT2D eigenvalue weighted by molar-refractivity contribution is 5.94. The molecule has 2 heterocycles. The Morgan fingerprint density at radius 2 is 1.77 bits per heavy atom. The molecule has 2 amide bonds. The minimum absolute atomic E-state index is 0.0113. The molecule has 11 heteroatoms. The summed E-state index contributed by atoms with van der Waals surface area (Å²) in [6.07, 6.45) is 2.73. The number of alkyl halides is 3. The second-order valence-corrected chi connectivity index (χ2v) is 11.2. The fourth-order valence-electron chi connectivity index (χ4n) is 5.80. The molecule has 1 aromatic heterocycles. The molecule has 0 radical (unpaired) electrons. The lowest BCUT2D eigenvalue weighted by molar-refractivity contribution is -0.137. The lowest BCUT2D eigenvalue weighted by atomic mass is 9.93. The zero-order valence-electron chi connectivity index (χ0n) is 22.7. The molecule has 1 aromatic carbocycles. The Labute approximate surface area is 232 Å². The van der Waals surface area contributed by atoms with Crippen molar-refractivity contribution in [3.63, 3.8) is 0 Å². The molecule has 3 aliphatic rings. The summed E-state index contributed by atoms with van der Waals surface area (Å²) in [7, 11) is 0. The highest BCUT2D eigenvalue weighted by atomic mass is 19.4. The van der Waals surface area contributed by atoms with Crippen LogP contribution in [-0.4, -0.2) is 71.4 Å². The van der Waals surface area contributed by atoms with Crippen molar-refractivity contribution in [2.45, 2.75) is 82.1 Å². The van der Waals surface area contributed by atoms with Crippen LogP contribution in [0.2, 0.25) is 0 Å². The van der Waals surface area contributed by atoms with Gasteiger partial charge >= 0.3 is 6.18 Å². The van der Waals surface area contributed by atoms with Gasteiger partial charge in [-0.3, -0.25) is 19.2 Å². The predicted molar refractivity (Wildman–Crippen MR) is 144 cm³/mol. The molecule has 40 heavy (non-hydrogen) atoms. The van der Waals surface area contributed by atoms with E-state index < -0.39 is 23.7 Å². The van der Waals surface area contributed by atoms with E-state index in [4.69, 9.17) is 4.74 Å². The van der Waals surface area contributed by atoms with E-state index >= 15 is 0 Å². The normalized spacial score (nSPS) is 19.8. The van der Waals surface area contributed by atoms with Gasteiger partial charge < -0.3 is 15.4 Å². The molecule has 8 nitrogen and oxygen atoms in total. The Balaban J connectivity index is 1.37. The third-order valence-electron chi connectivity index (χ3n) is 8.28. The van der Waals surface area contributed by atoms with Crippen molar-refractivity contribution in [1.82, 2.24) is 25.3 Å². The van der Waals surface area contributed by atoms with E-state index in [9.17, 15) is 22.8 Å². The number of halogens is 3. The molecule has 218 valence electrons. The van der Waals surface area contributed by atoms with Crippen LogP contribution in [0.4, 0.5) is 13.2 Å². The predicted octanol–water partition coefficient (Wildman–Crippen LogP) is 4.56. The number of nitrogens with one attached hydrogen (secondary N) is 2. The SMILES string of the molecule is O=C(C[C@H](CCN1CCOCC1)NC(=O)c1cc(-c2ccccc2C(F)(F)F)n(C2CCCC2)n1)NC1CCC1. The van der Waals surface area contributed by atoms with Gasteiger partial charge in [-0.05, 0) is 50.7 Å². The molecule has 2 aliphatic carbocycles. The third kappa shape index (κ3) is 7.04. The maximum Gasteiger partial charge on any atom is 0.417 e. The van der Waals surface area contributed by atoms with Crippen molar-refractivity contribution in [3.05, 3.63) is 41.6 Å². The number of amides is 2. The molecule has 2 N–H and O–H groups in total. The molecular weight excluding hydrogens is 523 g/mol. The number of ether oxygens (including phenoxy) is 1. The van der Waals surface area contributed by atoms with E-state index in [-0.39, 0.29) is 41.4 Å². The molecule has 5 rings (SSSR count). The van der Waals surface area contributed by atoms with Gasteiger partial charge in [0.1, 0.15) is 0 Å². The van der Waals surface area contributed by atoms with Crippen molar-refractivity contribution in [2.75, 3.05) is 32.8 Å². The maximum atomic E-state index is 13.9. The average molecular weight is 562 g/mol. The number of aromatic nitrogens is 2. The van der Waals surface area contributed by atoms with Gasteiger partial charge in [-0.25, -0.2) is 0 Å². The molecule has 1 aliphatic heterocycles. The highest BCUT2D eigenvalue weighted by Gasteiger charge is 2.35. The Morgan fingerprint density at radius 1 is 1.05 bits per heavy atom. The van der Waals surface area contributed by atoms with Crippen LogP contribution in [0.25, 0.3) is 11.3 Å². The van der Waals surface area contributed by atoms with Gasteiger partial charge in [-0.1, -0.05) is 31.0 Å². The minimum atomic E-state index is -4.54. The van der Waals surface area contributed by atoms with Crippen LogP contribution < -0.4 is 10.6 Å². The van der Waals surface area contributed by atoms with Crippen LogP contribution in [0.15, 0.2) is 30.3 Å². The highest BCUT2D eigenvalue weighted by Crippen LogP contribution is 2.40. The molecule has 1 saturated heterocycles. The molecule has 0 spiro atoms. The maximum absolute atomic E-state index is 13.9. The molecule has 0 bridgehead atoms. The average Bonchev–Trinajstić information content (AvgIpc) is 3.60. The fourth-order valence-corrected chi connectivity index (χ4v) is 5.80. The van der Waals surface area contributed by atoms with Crippen molar-refractivity contribution in [2.24, 2.45) is 0 Å². The van der Waals surface area contributed by atoms with E-state index in [0.29, 0.717) is 26.2 Å². The smallest absolute Gasteiger partial charge is 0.379 e. The summed E-state index contributed by atoms with van der Waals surface area (Å²) < 4.78 is 48.7. The molecular formula is C29H38F3N5O3. The summed E-state index contributed by atoms with van der Waals surface area (Å²) in [5.74, 6) is -0.584. The van der Waals surface area contributed by atoms with Gasteiger partial charge in [-0.15, -0.1) is 0 Å². The summed E-state index contributed by atoms with van der Waals surface area (Å²) >= 11 is 0. The first-order valence-electron chi connectivity index (χ1n) is 14.4. The summed E-state index contributed by atoms with van der Waals surface area (Å²) in [5, 5.41) is 10.6. The Kier molecular flexibility index (Phi) is 9.10. The first kappa shape index (κ1) is 28.6. The van der Waals surface area contributed by atoms with Gasteiger partial charge in [0, 0.05) is 43.7 Å². The molecule has 0 unspecified atom stereocenters. The van der Waals surface area contributed by atoms with E-state index in [1.165, 1.54) is 18.2 Å². The Bertz CT molecular complexity index is 1170. The van der Waals surface area contributed by atoms with Gasteiger partial charge in [0.05, 0.1) is 30.5 Å². The number of nitrogens with zero attached hydrogens (tertiary/aromatic N) is 3. The van der Waals surface area contributed by atoms with Crippen molar-refractivity contribution in [1.29, 1.82) is 0 Å². The number of hydrogen-bond donors (Lipinski definition) is 2. The number of carbonyl (C=O) groups is 2. The first-order chi connectivity index (χ1) is 19.3. The monoisotopic (exact) mass is 561 g/mol. The van der Waals surface area contributed by atoms with Crippen LogP contribution >= 0.6 is 0 Å². The van der Waals surface area contributed by atoms with Crippen LogP contribution in [0.5, 0.6) is 0 Å². The number of benzene rings is 1.